The Kier molecular flexibility index (Phi) is 4.37. The molecule has 0 aliphatic heterocycles. The minimum atomic E-state index is -3.57. The third-order valence-corrected chi connectivity index (χ3v) is 4.70. The fraction of sp³-hybridized carbons (Fsp3) is 0.333. The highest BCUT2D eigenvalue weighted by atomic mass is 32.2. The second-order valence-electron chi connectivity index (χ2n) is 5.39. The lowest BCUT2D eigenvalue weighted by molar-refractivity contribution is -0.113. The monoisotopic (exact) mass is 323 g/mol. The van der Waals surface area contributed by atoms with Crippen LogP contribution in [0, 0.1) is 0 Å². The molecule has 1 aliphatic rings. The standard InChI is InChI=1S/C15H17NO5S/c1-9-4-3-5-13(9)14(17)16-11-6-10(15(18)19)7-12(8-11)22(2,20)21/h6-8H,3-5H2,1-2H3,(H,16,17)(H,18,19). The third-order valence-electron chi connectivity index (χ3n) is 3.61. The summed E-state index contributed by atoms with van der Waals surface area (Å²) >= 11 is 0. The molecule has 0 fully saturated rings. The van der Waals surface area contributed by atoms with Crippen LogP contribution in [-0.4, -0.2) is 31.7 Å². The highest BCUT2D eigenvalue weighted by Gasteiger charge is 2.20. The number of carboxylic acid groups (broad SMARTS) is 1. The number of hydrogen-bond donors (Lipinski definition) is 2. The van der Waals surface area contributed by atoms with Gasteiger partial charge in [0.25, 0.3) is 5.91 Å². The Morgan fingerprint density at radius 3 is 2.36 bits per heavy atom. The summed E-state index contributed by atoms with van der Waals surface area (Å²) in [4.78, 5) is 23.2. The lowest BCUT2D eigenvalue weighted by Gasteiger charge is -2.10. The molecule has 1 amide bonds. The number of carbonyl (C=O) groups excluding carboxylic acids is 1. The van der Waals surface area contributed by atoms with E-state index in [2.05, 4.69) is 5.32 Å². The first-order valence-electron chi connectivity index (χ1n) is 6.77. The van der Waals surface area contributed by atoms with Crippen molar-refractivity contribution in [2.45, 2.75) is 31.1 Å². The molecule has 0 unspecified atom stereocenters. The van der Waals surface area contributed by atoms with Crippen LogP contribution in [0.2, 0.25) is 0 Å². The molecule has 0 radical (unpaired) electrons. The van der Waals surface area contributed by atoms with E-state index < -0.39 is 15.8 Å². The van der Waals surface area contributed by atoms with Crippen molar-refractivity contribution in [2.24, 2.45) is 0 Å². The fourth-order valence-electron chi connectivity index (χ4n) is 2.42. The van der Waals surface area contributed by atoms with Crippen molar-refractivity contribution in [3.05, 3.63) is 34.9 Å². The predicted octanol–water partition coefficient (Wildman–Crippen LogP) is 2.23. The van der Waals surface area contributed by atoms with Gasteiger partial charge in [-0.05, 0) is 44.4 Å². The number of carboxylic acids is 1. The first-order valence-corrected chi connectivity index (χ1v) is 8.66. The van der Waals surface area contributed by atoms with Gasteiger partial charge in [-0.15, -0.1) is 0 Å². The zero-order valence-electron chi connectivity index (χ0n) is 12.3. The van der Waals surface area contributed by atoms with Crippen LogP contribution in [0.25, 0.3) is 0 Å². The second-order valence-corrected chi connectivity index (χ2v) is 7.41. The van der Waals surface area contributed by atoms with Crippen LogP contribution in [0.1, 0.15) is 36.5 Å². The van der Waals surface area contributed by atoms with Crippen molar-refractivity contribution in [3.63, 3.8) is 0 Å². The highest BCUT2D eigenvalue weighted by Crippen LogP contribution is 2.27. The predicted molar refractivity (Wildman–Crippen MR) is 81.7 cm³/mol. The number of aromatic carboxylic acids is 1. The molecule has 1 aliphatic carbocycles. The van der Waals surface area contributed by atoms with Crippen LogP contribution >= 0.6 is 0 Å². The number of nitrogens with one attached hydrogen (secondary N) is 1. The molecule has 1 aromatic carbocycles. The molecule has 0 bridgehead atoms. The van der Waals surface area contributed by atoms with E-state index >= 15 is 0 Å². The number of benzene rings is 1. The first-order chi connectivity index (χ1) is 10.2. The van der Waals surface area contributed by atoms with Gasteiger partial charge in [0.05, 0.1) is 10.5 Å². The molecule has 7 heteroatoms. The molecule has 0 saturated carbocycles. The number of amides is 1. The SMILES string of the molecule is CC1=C(C(=O)Nc2cc(C(=O)O)cc(S(C)(=O)=O)c2)CCC1. The average molecular weight is 323 g/mol. The average Bonchev–Trinajstić information content (AvgIpc) is 2.83. The fourth-order valence-corrected chi connectivity index (χ4v) is 3.10. The maximum absolute atomic E-state index is 12.2. The number of carbonyl (C=O) groups is 2. The molecule has 0 aromatic heterocycles. The molecular formula is C15H17NO5S. The van der Waals surface area contributed by atoms with Crippen LogP contribution in [0.3, 0.4) is 0 Å². The maximum Gasteiger partial charge on any atom is 0.335 e. The van der Waals surface area contributed by atoms with Crippen molar-refractivity contribution < 1.29 is 23.1 Å². The molecular weight excluding hydrogens is 306 g/mol. The molecule has 22 heavy (non-hydrogen) atoms. The quantitative estimate of drug-likeness (QED) is 0.885. The van der Waals surface area contributed by atoms with Crippen molar-refractivity contribution in [2.75, 3.05) is 11.6 Å². The van der Waals surface area contributed by atoms with E-state index in [9.17, 15) is 18.0 Å². The van der Waals surface area contributed by atoms with Crippen LogP contribution in [0.15, 0.2) is 34.2 Å². The lowest BCUT2D eigenvalue weighted by Crippen LogP contribution is -2.15. The minimum absolute atomic E-state index is 0.139. The Morgan fingerprint density at radius 2 is 1.86 bits per heavy atom. The van der Waals surface area contributed by atoms with E-state index in [1.807, 2.05) is 6.92 Å². The third kappa shape index (κ3) is 3.54. The maximum atomic E-state index is 12.2. The van der Waals surface area contributed by atoms with E-state index in [1.165, 1.54) is 12.1 Å². The Morgan fingerprint density at radius 1 is 1.18 bits per heavy atom. The van der Waals surface area contributed by atoms with Gasteiger partial charge >= 0.3 is 5.97 Å². The molecule has 0 saturated heterocycles. The summed E-state index contributed by atoms with van der Waals surface area (Å²) in [6.07, 6.45) is 3.45. The Hall–Kier alpha value is -2.15. The summed E-state index contributed by atoms with van der Waals surface area (Å²) in [6.45, 7) is 1.89. The number of anilines is 1. The zero-order chi connectivity index (χ0) is 16.5. The molecule has 1 aromatic rings. The van der Waals surface area contributed by atoms with Crippen LogP contribution in [0.5, 0.6) is 0 Å². The Labute approximate surface area is 128 Å². The topological polar surface area (TPSA) is 101 Å². The van der Waals surface area contributed by atoms with Gasteiger partial charge < -0.3 is 10.4 Å². The summed E-state index contributed by atoms with van der Waals surface area (Å²) in [5.41, 5.74) is 1.67. The summed E-state index contributed by atoms with van der Waals surface area (Å²) in [5, 5.41) is 11.7. The number of rotatable bonds is 4. The molecule has 6 nitrogen and oxygen atoms in total. The molecule has 2 rings (SSSR count). The first kappa shape index (κ1) is 16.2. The summed E-state index contributed by atoms with van der Waals surface area (Å²) in [6, 6.07) is 3.59. The minimum Gasteiger partial charge on any atom is -0.478 e. The lowest BCUT2D eigenvalue weighted by atomic mass is 10.1. The number of allylic oxidation sites excluding steroid dienone is 1. The zero-order valence-corrected chi connectivity index (χ0v) is 13.2. The van der Waals surface area contributed by atoms with Gasteiger partial charge in [0.15, 0.2) is 9.84 Å². The molecule has 118 valence electrons. The molecule has 0 spiro atoms. The summed E-state index contributed by atoms with van der Waals surface area (Å²) in [7, 11) is -3.57. The van der Waals surface area contributed by atoms with Gasteiger partial charge in [-0.3, -0.25) is 4.79 Å². The van der Waals surface area contributed by atoms with Crippen molar-refractivity contribution >= 4 is 27.4 Å². The van der Waals surface area contributed by atoms with E-state index in [1.54, 1.807) is 0 Å². The van der Waals surface area contributed by atoms with Gasteiger partial charge in [0.1, 0.15) is 0 Å². The summed E-state index contributed by atoms with van der Waals surface area (Å²) in [5.74, 6) is -1.56. The highest BCUT2D eigenvalue weighted by molar-refractivity contribution is 7.90. The Bertz CT molecular complexity index is 777. The van der Waals surface area contributed by atoms with Gasteiger partial charge in [0, 0.05) is 17.5 Å². The largest absolute Gasteiger partial charge is 0.478 e. The number of hydrogen-bond acceptors (Lipinski definition) is 4. The van der Waals surface area contributed by atoms with Crippen molar-refractivity contribution in [1.82, 2.24) is 0 Å². The smallest absolute Gasteiger partial charge is 0.335 e. The van der Waals surface area contributed by atoms with E-state index in [0.717, 1.165) is 30.7 Å². The van der Waals surface area contributed by atoms with E-state index in [4.69, 9.17) is 5.11 Å². The molecule has 0 atom stereocenters. The summed E-state index contributed by atoms with van der Waals surface area (Å²) < 4.78 is 23.3. The van der Waals surface area contributed by atoms with Gasteiger partial charge in [-0.25, -0.2) is 13.2 Å². The van der Waals surface area contributed by atoms with Crippen LogP contribution in [-0.2, 0) is 14.6 Å². The van der Waals surface area contributed by atoms with Crippen LogP contribution in [0.4, 0.5) is 5.69 Å². The van der Waals surface area contributed by atoms with Gasteiger partial charge in [0.2, 0.25) is 0 Å². The number of sulfone groups is 1. The normalized spacial score (nSPS) is 15.0. The molecule has 2 N–H and O–H groups in total. The Balaban J connectivity index is 2.38. The van der Waals surface area contributed by atoms with Crippen molar-refractivity contribution in [1.29, 1.82) is 0 Å². The van der Waals surface area contributed by atoms with Gasteiger partial charge in [-0.2, -0.15) is 0 Å². The van der Waals surface area contributed by atoms with Gasteiger partial charge in [-0.1, -0.05) is 5.57 Å². The van der Waals surface area contributed by atoms with Crippen LogP contribution < -0.4 is 5.32 Å². The second kappa shape index (κ2) is 5.92. The van der Waals surface area contributed by atoms with E-state index in [-0.39, 0.29) is 22.1 Å². The molecule has 0 heterocycles. The van der Waals surface area contributed by atoms with Crippen molar-refractivity contribution in [3.8, 4) is 0 Å². The van der Waals surface area contributed by atoms with E-state index in [0.29, 0.717) is 12.0 Å².